The standard InChI is InChI=1S/C15H27N3O/c1-7-16-14-12(6)15(19-9-8-10(2)3)18-13(17-14)11(4)5/h10-11H,7-9H2,1-6H3,(H,16,17,18). The molecule has 1 aromatic rings. The van der Waals surface area contributed by atoms with Gasteiger partial charge in [-0.1, -0.05) is 27.7 Å². The van der Waals surface area contributed by atoms with Gasteiger partial charge in [-0.2, -0.15) is 4.98 Å². The molecular weight excluding hydrogens is 238 g/mol. The van der Waals surface area contributed by atoms with Crippen molar-refractivity contribution in [2.45, 2.75) is 53.9 Å². The smallest absolute Gasteiger partial charge is 0.221 e. The lowest BCUT2D eigenvalue weighted by Crippen LogP contribution is -2.11. The van der Waals surface area contributed by atoms with Gasteiger partial charge in [0.15, 0.2) is 0 Å². The van der Waals surface area contributed by atoms with Crippen LogP contribution in [0.25, 0.3) is 0 Å². The van der Waals surface area contributed by atoms with E-state index >= 15 is 0 Å². The highest BCUT2D eigenvalue weighted by Gasteiger charge is 2.13. The van der Waals surface area contributed by atoms with Crippen LogP contribution in [0.3, 0.4) is 0 Å². The topological polar surface area (TPSA) is 47.0 Å². The Kier molecular flexibility index (Phi) is 6.06. The number of nitrogens with zero attached hydrogens (tertiary/aromatic N) is 2. The van der Waals surface area contributed by atoms with Gasteiger partial charge in [0.05, 0.1) is 12.2 Å². The van der Waals surface area contributed by atoms with Crippen LogP contribution in [0.15, 0.2) is 0 Å². The molecule has 0 unspecified atom stereocenters. The Morgan fingerprint density at radius 1 is 1.16 bits per heavy atom. The molecule has 0 spiro atoms. The van der Waals surface area contributed by atoms with Gasteiger partial charge in [0, 0.05) is 12.5 Å². The van der Waals surface area contributed by atoms with E-state index in [2.05, 4.69) is 49.9 Å². The average molecular weight is 265 g/mol. The van der Waals surface area contributed by atoms with Crippen LogP contribution >= 0.6 is 0 Å². The Morgan fingerprint density at radius 2 is 1.84 bits per heavy atom. The largest absolute Gasteiger partial charge is 0.477 e. The number of hydrogen-bond donors (Lipinski definition) is 1. The Morgan fingerprint density at radius 3 is 2.37 bits per heavy atom. The van der Waals surface area contributed by atoms with Crippen LogP contribution in [0.1, 0.15) is 58.3 Å². The van der Waals surface area contributed by atoms with Crippen LogP contribution < -0.4 is 10.1 Å². The first-order valence-electron chi connectivity index (χ1n) is 7.20. The van der Waals surface area contributed by atoms with Gasteiger partial charge in [-0.25, -0.2) is 4.98 Å². The minimum Gasteiger partial charge on any atom is -0.477 e. The summed E-state index contributed by atoms with van der Waals surface area (Å²) in [6.45, 7) is 14.2. The summed E-state index contributed by atoms with van der Waals surface area (Å²) in [5.41, 5.74) is 0.995. The Balaban J connectivity index is 2.93. The quantitative estimate of drug-likeness (QED) is 0.815. The number of ether oxygens (including phenoxy) is 1. The predicted octanol–water partition coefficient (Wildman–Crippen LogP) is 3.77. The van der Waals surface area contributed by atoms with Gasteiger partial charge in [0.1, 0.15) is 11.6 Å². The molecule has 1 heterocycles. The van der Waals surface area contributed by atoms with Crippen LogP contribution in [0.5, 0.6) is 5.88 Å². The minimum atomic E-state index is 0.297. The lowest BCUT2D eigenvalue weighted by Gasteiger charge is -2.15. The first-order chi connectivity index (χ1) is 8.95. The summed E-state index contributed by atoms with van der Waals surface area (Å²) in [5.74, 6) is 3.38. The highest BCUT2D eigenvalue weighted by atomic mass is 16.5. The third kappa shape index (κ3) is 4.69. The van der Waals surface area contributed by atoms with Crippen molar-refractivity contribution in [2.75, 3.05) is 18.5 Å². The fourth-order valence-electron chi connectivity index (χ4n) is 1.64. The Labute approximate surface area is 117 Å². The average Bonchev–Trinajstić information content (AvgIpc) is 2.33. The number of rotatable bonds is 7. The second kappa shape index (κ2) is 7.31. The molecule has 0 saturated heterocycles. The monoisotopic (exact) mass is 265 g/mol. The summed E-state index contributed by atoms with van der Waals surface area (Å²) in [4.78, 5) is 9.10. The molecule has 0 aliphatic rings. The van der Waals surface area contributed by atoms with Gasteiger partial charge in [-0.15, -0.1) is 0 Å². The van der Waals surface area contributed by atoms with E-state index in [1.165, 1.54) is 0 Å². The number of aromatic nitrogens is 2. The van der Waals surface area contributed by atoms with E-state index in [9.17, 15) is 0 Å². The highest BCUT2D eigenvalue weighted by molar-refractivity contribution is 5.48. The Hall–Kier alpha value is -1.32. The number of nitrogens with one attached hydrogen (secondary N) is 1. The van der Waals surface area contributed by atoms with E-state index in [1.54, 1.807) is 0 Å². The molecule has 1 N–H and O–H groups in total. The fraction of sp³-hybridized carbons (Fsp3) is 0.733. The summed E-state index contributed by atoms with van der Waals surface area (Å²) in [6.07, 6.45) is 1.04. The first-order valence-corrected chi connectivity index (χ1v) is 7.20. The predicted molar refractivity (Wildman–Crippen MR) is 80.0 cm³/mol. The molecule has 0 atom stereocenters. The summed E-state index contributed by atoms with van der Waals surface area (Å²) in [6, 6.07) is 0. The summed E-state index contributed by atoms with van der Waals surface area (Å²) >= 11 is 0. The van der Waals surface area contributed by atoms with E-state index in [1.807, 2.05) is 6.92 Å². The summed E-state index contributed by atoms with van der Waals surface area (Å²) in [5, 5.41) is 3.28. The fourth-order valence-corrected chi connectivity index (χ4v) is 1.64. The van der Waals surface area contributed by atoms with Crippen molar-refractivity contribution >= 4 is 5.82 Å². The van der Waals surface area contributed by atoms with Gasteiger partial charge in [0.25, 0.3) is 0 Å². The molecule has 0 radical (unpaired) electrons. The minimum absolute atomic E-state index is 0.297. The molecular formula is C15H27N3O. The van der Waals surface area contributed by atoms with Crippen molar-refractivity contribution < 1.29 is 4.74 Å². The molecule has 108 valence electrons. The molecule has 4 heteroatoms. The lowest BCUT2D eigenvalue weighted by molar-refractivity contribution is 0.276. The van der Waals surface area contributed by atoms with E-state index < -0.39 is 0 Å². The molecule has 0 aliphatic carbocycles. The summed E-state index contributed by atoms with van der Waals surface area (Å²) in [7, 11) is 0. The van der Waals surface area contributed by atoms with Crippen molar-refractivity contribution in [1.82, 2.24) is 9.97 Å². The number of anilines is 1. The maximum absolute atomic E-state index is 5.83. The summed E-state index contributed by atoms with van der Waals surface area (Å²) < 4.78 is 5.83. The number of hydrogen-bond acceptors (Lipinski definition) is 4. The molecule has 0 aromatic carbocycles. The molecule has 4 nitrogen and oxygen atoms in total. The Bertz CT molecular complexity index is 403. The van der Waals surface area contributed by atoms with Gasteiger partial charge in [0.2, 0.25) is 5.88 Å². The van der Waals surface area contributed by atoms with E-state index in [4.69, 9.17) is 4.74 Å². The lowest BCUT2D eigenvalue weighted by atomic mass is 10.1. The highest BCUT2D eigenvalue weighted by Crippen LogP contribution is 2.25. The zero-order chi connectivity index (χ0) is 14.4. The molecule has 1 rings (SSSR count). The van der Waals surface area contributed by atoms with Crippen LogP contribution in [-0.2, 0) is 0 Å². The van der Waals surface area contributed by atoms with E-state index in [-0.39, 0.29) is 0 Å². The maximum Gasteiger partial charge on any atom is 0.221 e. The molecule has 0 saturated carbocycles. The second-order valence-electron chi connectivity index (χ2n) is 5.58. The van der Waals surface area contributed by atoms with Crippen molar-refractivity contribution in [2.24, 2.45) is 5.92 Å². The normalized spacial score (nSPS) is 11.2. The maximum atomic E-state index is 5.83. The van der Waals surface area contributed by atoms with Crippen LogP contribution in [-0.4, -0.2) is 23.1 Å². The third-order valence-corrected chi connectivity index (χ3v) is 2.91. The van der Waals surface area contributed by atoms with E-state index in [0.717, 1.165) is 36.1 Å². The van der Waals surface area contributed by atoms with Crippen molar-refractivity contribution in [1.29, 1.82) is 0 Å². The van der Waals surface area contributed by atoms with Gasteiger partial charge in [-0.3, -0.25) is 0 Å². The van der Waals surface area contributed by atoms with E-state index in [0.29, 0.717) is 18.4 Å². The third-order valence-electron chi connectivity index (χ3n) is 2.91. The van der Waals surface area contributed by atoms with Crippen molar-refractivity contribution in [3.63, 3.8) is 0 Å². The SMILES string of the molecule is CCNc1nc(C(C)C)nc(OCCC(C)C)c1C. The van der Waals surface area contributed by atoms with Crippen LogP contribution in [0.4, 0.5) is 5.82 Å². The van der Waals surface area contributed by atoms with Crippen molar-refractivity contribution in [3.8, 4) is 5.88 Å². The molecule has 0 bridgehead atoms. The zero-order valence-corrected chi connectivity index (χ0v) is 13.1. The van der Waals surface area contributed by atoms with Crippen molar-refractivity contribution in [3.05, 3.63) is 11.4 Å². The molecule has 0 amide bonds. The molecule has 1 aromatic heterocycles. The zero-order valence-electron chi connectivity index (χ0n) is 13.1. The van der Waals surface area contributed by atoms with Gasteiger partial charge < -0.3 is 10.1 Å². The first kappa shape index (κ1) is 15.7. The van der Waals surface area contributed by atoms with Crippen LogP contribution in [0.2, 0.25) is 0 Å². The van der Waals surface area contributed by atoms with Crippen LogP contribution in [0, 0.1) is 12.8 Å². The second-order valence-corrected chi connectivity index (χ2v) is 5.58. The molecule has 0 fully saturated rings. The van der Waals surface area contributed by atoms with Gasteiger partial charge in [-0.05, 0) is 26.2 Å². The van der Waals surface area contributed by atoms with Gasteiger partial charge >= 0.3 is 0 Å². The molecule has 19 heavy (non-hydrogen) atoms. The molecule has 0 aliphatic heterocycles.